The highest BCUT2D eigenvalue weighted by molar-refractivity contribution is 6.31. The molecule has 3 nitrogen and oxygen atoms in total. The normalized spacial score (nSPS) is 10.7. The van der Waals surface area contributed by atoms with E-state index in [-0.39, 0.29) is 0 Å². The van der Waals surface area contributed by atoms with E-state index in [1.54, 1.807) is 0 Å². The summed E-state index contributed by atoms with van der Waals surface area (Å²) in [6, 6.07) is 22.3. The zero-order chi connectivity index (χ0) is 19.8. The Labute approximate surface area is 172 Å². The molecule has 0 atom stereocenters. The molecule has 3 aromatic carbocycles. The van der Waals surface area contributed by atoms with Gasteiger partial charge in [-0.25, -0.2) is 0 Å². The van der Waals surface area contributed by atoms with Gasteiger partial charge >= 0.3 is 0 Å². The van der Waals surface area contributed by atoms with Crippen LogP contribution in [0.15, 0.2) is 66.7 Å². The zero-order valence-electron chi connectivity index (χ0n) is 16.4. The fourth-order valence-corrected chi connectivity index (χ4v) is 3.20. The van der Waals surface area contributed by atoms with Crippen LogP contribution in [0.2, 0.25) is 5.02 Å². The number of nitrogens with one attached hydrogen (secondary N) is 1. The van der Waals surface area contributed by atoms with Gasteiger partial charge in [-0.2, -0.15) is 0 Å². The van der Waals surface area contributed by atoms with E-state index in [1.165, 1.54) is 5.56 Å². The first-order valence-electron chi connectivity index (χ1n) is 9.54. The maximum absolute atomic E-state index is 6.21. The van der Waals surface area contributed by atoms with Gasteiger partial charge in [0.25, 0.3) is 0 Å². The molecule has 146 valence electrons. The third-order valence-corrected chi connectivity index (χ3v) is 4.76. The summed E-state index contributed by atoms with van der Waals surface area (Å²) in [6.45, 7) is 6.62. The molecule has 0 radical (unpaired) electrons. The average Bonchev–Trinajstić information content (AvgIpc) is 2.69. The summed E-state index contributed by atoms with van der Waals surface area (Å²) < 4.78 is 11.8. The summed E-state index contributed by atoms with van der Waals surface area (Å²) in [4.78, 5) is 0. The summed E-state index contributed by atoms with van der Waals surface area (Å²) in [5.41, 5.74) is 4.60. The van der Waals surface area contributed by atoms with Crippen LogP contribution in [0.25, 0.3) is 0 Å². The summed E-state index contributed by atoms with van der Waals surface area (Å²) in [5, 5.41) is 4.21. The molecular weight excluding hydrogens is 370 g/mol. The highest BCUT2D eigenvalue weighted by atomic mass is 35.5. The third kappa shape index (κ3) is 5.75. The van der Waals surface area contributed by atoms with Crippen molar-refractivity contribution in [3.05, 3.63) is 94.0 Å². The van der Waals surface area contributed by atoms with Crippen molar-refractivity contribution in [1.29, 1.82) is 0 Å². The molecule has 0 aromatic heterocycles. The molecule has 4 heteroatoms. The molecular formula is C24H26ClNO2. The number of aryl methyl sites for hydroxylation is 1. The SMILES string of the molecule is CCOc1cc(CNCc2ccccc2Cl)ccc1OCc1cccc(C)c1. The van der Waals surface area contributed by atoms with Crippen LogP contribution in [0.3, 0.4) is 0 Å². The Morgan fingerprint density at radius 3 is 2.46 bits per heavy atom. The van der Waals surface area contributed by atoms with E-state index in [1.807, 2.05) is 49.4 Å². The van der Waals surface area contributed by atoms with Crippen LogP contribution in [0.1, 0.15) is 29.2 Å². The monoisotopic (exact) mass is 395 g/mol. The molecule has 0 heterocycles. The Morgan fingerprint density at radius 2 is 1.68 bits per heavy atom. The lowest BCUT2D eigenvalue weighted by Crippen LogP contribution is -2.13. The van der Waals surface area contributed by atoms with E-state index in [4.69, 9.17) is 21.1 Å². The lowest BCUT2D eigenvalue weighted by Gasteiger charge is -2.14. The molecule has 0 aliphatic rings. The van der Waals surface area contributed by atoms with Crippen LogP contribution in [0.5, 0.6) is 11.5 Å². The maximum Gasteiger partial charge on any atom is 0.161 e. The fraction of sp³-hybridized carbons (Fsp3) is 0.250. The average molecular weight is 396 g/mol. The molecule has 3 aromatic rings. The minimum Gasteiger partial charge on any atom is -0.490 e. The summed E-state index contributed by atoms with van der Waals surface area (Å²) in [7, 11) is 0. The molecule has 0 unspecified atom stereocenters. The largest absolute Gasteiger partial charge is 0.490 e. The lowest BCUT2D eigenvalue weighted by atomic mass is 10.1. The molecule has 0 spiro atoms. The number of hydrogen-bond donors (Lipinski definition) is 1. The van der Waals surface area contributed by atoms with Gasteiger partial charge in [0, 0.05) is 18.1 Å². The fourth-order valence-electron chi connectivity index (χ4n) is 3.00. The van der Waals surface area contributed by atoms with E-state index in [0.717, 1.165) is 46.3 Å². The Kier molecular flexibility index (Phi) is 7.35. The number of halogens is 1. The standard InChI is InChI=1S/C24H26ClNO2/c1-3-27-24-14-19(15-26-16-21-9-4-5-10-22(21)25)11-12-23(24)28-17-20-8-6-7-18(2)13-20/h4-14,26H,3,15-17H2,1-2H3. The van der Waals surface area contributed by atoms with Gasteiger partial charge < -0.3 is 14.8 Å². The molecule has 0 aliphatic carbocycles. The molecule has 0 aliphatic heterocycles. The molecule has 0 saturated carbocycles. The van der Waals surface area contributed by atoms with Gasteiger partial charge in [0.15, 0.2) is 11.5 Å². The van der Waals surface area contributed by atoms with Crippen molar-refractivity contribution in [2.45, 2.75) is 33.5 Å². The topological polar surface area (TPSA) is 30.5 Å². The molecule has 28 heavy (non-hydrogen) atoms. The Hall–Kier alpha value is -2.49. The van der Waals surface area contributed by atoms with Gasteiger partial charge in [-0.15, -0.1) is 0 Å². The first-order valence-corrected chi connectivity index (χ1v) is 9.91. The Morgan fingerprint density at radius 1 is 0.821 bits per heavy atom. The minimum atomic E-state index is 0.520. The molecule has 0 bridgehead atoms. The van der Waals surface area contributed by atoms with Gasteiger partial charge in [-0.1, -0.05) is 65.7 Å². The molecule has 3 rings (SSSR count). The van der Waals surface area contributed by atoms with Crippen LogP contribution < -0.4 is 14.8 Å². The summed E-state index contributed by atoms with van der Waals surface area (Å²) >= 11 is 6.21. The van der Waals surface area contributed by atoms with Crippen LogP contribution >= 0.6 is 11.6 Å². The first kappa shape index (κ1) is 20.2. The van der Waals surface area contributed by atoms with E-state index in [9.17, 15) is 0 Å². The van der Waals surface area contributed by atoms with E-state index in [2.05, 4.69) is 36.5 Å². The van der Waals surface area contributed by atoms with Crippen molar-refractivity contribution in [1.82, 2.24) is 5.32 Å². The van der Waals surface area contributed by atoms with E-state index >= 15 is 0 Å². The van der Waals surface area contributed by atoms with Gasteiger partial charge in [0.05, 0.1) is 6.61 Å². The van der Waals surface area contributed by atoms with Crippen molar-refractivity contribution < 1.29 is 9.47 Å². The van der Waals surface area contributed by atoms with Gasteiger partial charge in [0.2, 0.25) is 0 Å². The third-order valence-electron chi connectivity index (χ3n) is 4.39. The van der Waals surface area contributed by atoms with Crippen molar-refractivity contribution >= 4 is 11.6 Å². The maximum atomic E-state index is 6.21. The quantitative estimate of drug-likeness (QED) is 0.488. The van der Waals surface area contributed by atoms with Crippen LogP contribution in [0.4, 0.5) is 0 Å². The summed E-state index contributed by atoms with van der Waals surface area (Å²) in [6.07, 6.45) is 0. The minimum absolute atomic E-state index is 0.520. The van der Waals surface area contributed by atoms with Crippen LogP contribution in [0, 0.1) is 6.92 Å². The van der Waals surface area contributed by atoms with E-state index < -0.39 is 0 Å². The van der Waals surface area contributed by atoms with Crippen molar-refractivity contribution in [2.24, 2.45) is 0 Å². The van der Waals surface area contributed by atoms with Crippen molar-refractivity contribution in [2.75, 3.05) is 6.61 Å². The number of rotatable bonds is 9. The number of hydrogen-bond acceptors (Lipinski definition) is 3. The molecule has 0 fully saturated rings. The van der Waals surface area contributed by atoms with Gasteiger partial charge in [0.1, 0.15) is 6.61 Å². The number of benzene rings is 3. The van der Waals surface area contributed by atoms with E-state index in [0.29, 0.717) is 13.2 Å². The highest BCUT2D eigenvalue weighted by Crippen LogP contribution is 2.29. The molecule has 1 N–H and O–H groups in total. The van der Waals surface area contributed by atoms with Crippen LogP contribution in [-0.4, -0.2) is 6.61 Å². The second-order valence-electron chi connectivity index (χ2n) is 6.69. The highest BCUT2D eigenvalue weighted by Gasteiger charge is 2.08. The number of ether oxygens (including phenoxy) is 2. The zero-order valence-corrected chi connectivity index (χ0v) is 17.1. The molecule has 0 saturated heterocycles. The second kappa shape index (κ2) is 10.2. The van der Waals surface area contributed by atoms with Crippen molar-refractivity contribution in [3.63, 3.8) is 0 Å². The van der Waals surface area contributed by atoms with Gasteiger partial charge in [-0.05, 0) is 48.7 Å². The second-order valence-corrected chi connectivity index (χ2v) is 7.09. The van der Waals surface area contributed by atoms with Crippen molar-refractivity contribution in [3.8, 4) is 11.5 Å². The predicted molar refractivity (Wildman–Crippen MR) is 115 cm³/mol. The Balaban J connectivity index is 1.62. The van der Waals surface area contributed by atoms with Gasteiger partial charge in [-0.3, -0.25) is 0 Å². The lowest BCUT2D eigenvalue weighted by molar-refractivity contribution is 0.269. The smallest absolute Gasteiger partial charge is 0.161 e. The molecule has 0 amide bonds. The predicted octanol–water partition coefficient (Wildman–Crippen LogP) is 5.92. The first-order chi connectivity index (χ1) is 13.7. The Bertz CT molecular complexity index is 911. The summed E-state index contributed by atoms with van der Waals surface area (Å²) in [5.74, 6) is 1.53. The van der Waals surface area contributed by atoms with Crippen LogP contribution in [-0.2, 0) is 19.7 Å².